The maximum Gasteiger partial charge on any atom is 0.181 e. The van der Waals surface area contributed by atoms with E-state index in [9.17, 15) is 0 Å². The molecule has 0 spiro atoms. The highest BCUT2D eigenvalue weighted by Crippen LogP contribution is 2.01. The molecule has 0 aliphatic carbocycles. The smallest absolute Gasteiger partial charge is 0.181 e. The van der Waals surface area contributed by atoms with E-state index in [1.807, 2.05) is 0 Å². The lowest BCUT2D eigenvalue weighted by Crippen LogP contribution is -2.41. The number of aryl methyl sites for hydroxylation is 1. The largest absolute Gasteiger partial charge is 0.325 e. The van der Waals surface area contributed by atoms with Gasteiger partial charge in [-0.1, -0.05) is 25.8 Å². The molecule has 0 radical (unpaired) electrons. The van der Waals surface area contributed by atoms with Crippen LogP contribution in [-0.4, -0.2) is 6.54 Å². The molecule has 0 atom stereocenters. The molecule has 1 heterocycles. The number of pyridine rings is 1. The molecule has 2 N–H and O–H groups in total. The first-order valence-corrected chi connectivity index (χ1v) is 5.56. The lowest BCUT2D eigenvalue weighted by Gasteiger charge is -2.01. The molecule has 0 unspecified atom stereocenters. The fraction of sp³-hybridized carbons (Fsp3) is 0.583. The van der Waals surface area contributed by atoms with Crippen molar-refractivity contribution in [2.75, 3.05) is 6.54 Å². The molecule has 78 valence electrons. The number of nitrogens with two attached hydrogens (primary N) is 1. The summed E-state index contributed by atoms with van der Waals surface area (Å²) in [6, 6.07) is 6.37. The molecule has 0 aliphatic rings. The highest BCUT2D eigenvalue weighted by atomic mass is 15.0. The number of unbranched alkanes of at least 4 members (excludes halogenated alkanes) is 2. The van der Waals surface area contributed by atoms with E-state index in [-0.39, 0.29) is 0 Å². The molecule has 0 saturated carbocycles. The number of rotatable bonds is 6. The monoisotopic (exact) mass is 193 g/mol. The van der Waals surface area contributed by atoms with E-state index in [1.54, 1.807) is 0 Å². The van der Waals surface area contributed by atoms with Gasteiger partial charge in [-0.3, -0.25) is 0 Å². The normalized spacial score (nSPS) is 10.4. The van der Waals surface area contributed by atoms with Gasteiger partial charge in [0.05, 0.1) is 6.54 Å². The third-order valence-electron chi connectivity index (χ3n) is 2.44. The van der Waals surface area contributed by atoms with Gasteiger partial charge in [0.15, 0.2) is 18.4 Å². The Morgan fingerprint density at radius 3 is 2.86 bits per heavy atom. The Bertz CT molecular complexity index is 258. The lowest BCUT2D eigenvalue weighted by molar-refractivity contribution is -0.701. The summed E-state index contributed by atoms with van der Waals surface area (Å²) in [5, 5.41) is 0. The van der Waals surface area contributed by atoms with E-state index in [0.717, 1.165) is 13.1 Å². The number of hydrogen-bond acceptors (Lipinski definition) is 1. The van der Waals surface area contributed by atoms with E-state index in [0.29, 0.717) is 0 Å². The minimum atomic E-state index is 0.718. The summed E-state index contributed by atoms with van der Waals surface area (Å²) in [6.45, 7) is 3.89. The number of hydrogen-bond donors (Lipinski definition) is 1. The standard InChI is InChI=1S/C12H21N2/c1-2-3-4-7-12-8-5-6-10-14(12)11-9-13/h5-6,8,10H,2-4,7,9,11,13H2,1H3/q+1. The van der Waals surface area contributed by atoms with E-state index in [1.165, 1.54) is 31.4 Å². The van der Waals surface area contributed by atoms with Crippen LogP contribution in [0, 0.1) is 0 Å². The van der Waals surface area contributed by atoms with Crippen LogP contribution in [0.4, 0.5) is 0 Å². The van der Waals surface area contributed by atoms with Crippen LogP contribution in [0.5, 0.6) is 0 Å². The zero-order valence-electron chi connectivity index (χ0n) is 9.08. The van der Waals surface area contributed by atoms with Crippen molar-refractivity contribution in [1.82, 2.24) is 0 Å². The van der Waals surface area contributed by atoms with Crippen molar-refractivity contribution in [2.24, 2.45) is 5.73 Å². The van der Waals surface area contributed by atoms with Crippen molar-refractivity contribution < 1.29 is 4.57 Å². The van der Waals surface area contributed by atoms with Crippen LogP contribution in [0.2, 0.25) is 0 Å². The van der Waals surface area contributed by atoms with Crippen LogP contribution < -0.4 is 10.3 Å². The molecular formula is C12H21N2+. The van der Waals surface area contributed by atoms with Gasteiger partial charge >= 0.3 is 0 Å². The number of nitrogens with zero attached hydrogens (tertiary/aromatic N) is 1. The highest BCUT2D eigenvalue weighted by molar-refractivity contribution is 4.97. The van der Waals surface area contributed by atoms with Gasteiger partial charge in [0, 0.05) is 18.6 Å². The Hall–Kier alpha value is -0.890. The van der Waals surface area contributed by atoms with Crippen LogP contribution in [0.1, 0.15) is 31.9 Å². The molecule has 0 saturated heterocycles. The van der Waals surface area contributed by atoms with Gasteiger partial charge in [0.2, 0.25) is 0 Å². The van der Waals surface area contributed by atoms with Crippen molar-refractivity contribution >= 4 is 0 Å². The van der Waals surface area contributed by atoms with Gasteiger partial charge in [-0.25, -0.2) is 4.57 Å². The summed E-state index contributed by atoms with van der Waals surface area (Å²) in [4.78, 5) is 0. The quantitative estimate of drug-likeness (QED) is 0.540. The zero-order valence-corrected chi connectivity index (χ0v) is 9.08. The van der Waals surface area contributed by atoms with Gasteiger partial charge in [-0.2, -0.15) is 0 Å². The van der Waals surface area contributed by atoms with Gasteiger partial charge in [0.1, 0.15) is 0 Å². The van der Waals surface area contributed by atoms with Crippen LogP contribution >= 0.6 is 0 Å². The predicted molar refractivity (Wildman–Crippen MR) is 58.9 cm³/mol. The summed E-state index contributed by atoms with van der Waals surface area (Å²) >= 11 is 0. The topological polar surface area (TPSA) is 29.9 Å². The van der Waals surface area contributed by atoms with E-state index in [2.05, 4.69) is 35.9 Å². The lowest BCUT2D eigenvalue weighted by atomic mass is 10.1. The molecule has 1 aromatic rings. The van der Waals surface area contributed by atoms with E-state index >= 15 is 0 Å². The second-order valence-electron chi connectivity index (χ2n) is 3.63. The van der Waals surface area contributed by atoms with E-state index in [4.69, 9.17) is 5.73 Å². The summed E-state index contributed by atoms with van der Waals surface area (Å²) in [7, 11) is 0. The molecule has 0 aliphatic heterocycles. The molecule has 1 rings (SSSR count). The van der Waals surface area contributed by atoms with Crippen molar-refractivity contribution in [1.29, 1.82) is 0 Å². The molecular weight excluding hydrogens is 172 g/mol. The van der Waals surface area contributed by atoms with Crippen molar-refractivity contribution in [2.45, 2.75) is 39.2 Å². The van der Waals surface area contributed by atoms with Crippen molar-refractivity contribution in [3.8, 4) is 0 Å². The van der Waals surface area contributed by atoms with Gasteiger partial charge < -0.3 is 5.73 Å². The van der Waals surface area contributed by atoms with Crippen LogP contribution in [0.25, 0.3) is 0 Å². The molecule has 0 aromatic carbocycles. The Morgan fingerprint density at radius 1 is 1.29 bits per heavy atom. The minimum Gasteiger partial charge on any atom is -0.325 e. The average molecular weight is 193 g/mol. The van der Waals surface area contributed by atoms with Gasteiger partial charge in [-0.15, -0.1) is 0 Å². The third-order valence-corrected chi connectivity index (χ3v) is 2.44. The fourth-order valence-corrected chi connectivity index (χ4v) is 1.65. The van der Waals surface area contributed by atoms with Crippen molar-refractivity contribution in [3.63, 3.8) is 0 Å². The Labute approximate surface area is 86.8 Å². The molecule has 14 heavy (non-hydrogen) atoms. The summed E-state index contributed by atoms with van der Waals surface area (Å²) < 4.78 is 2.26. The summed E-state index contributed by atoms with van der Waals surface area (Å²) in [5.74, 6) is 0. The molecule has 2 nitrogen and oxygen atoms in total. The van der Waals surface area contributed by atoms with Gasteiger partial charge in [0.25, 0.3) is 0 Å². The first-order chi connectivity index (χ1) is 6.88. The first kappa shape index (κ1) is 11.2. The maximum atomic E-state index is 5.56. The zero-order chi connectivity index (χ0) is 10.2. The minimum absolute atomic E-state index is 0.718. The maximum absolute atomic E-state index is 5.56. The third kappa shape index (κ3) is 3.46. The van der Waals surface area contributed by atoms with E-state index < -0.39 is 0 Å². The molecule has 0 amide bonds. The molecule has 2 heteroatoms. The van der Waals surface area contributed by atoms with Crippen LogP contribution in [0.3, 0.4) is 0 Å². The predicted octanol–water partition coefficient (Wildman–Crippen LogP) is 1.67. The highest BCUT2D eigenvalue weighted by Gasteiger charge is 2.06. The first-order valence-electron chi connectivity index (χ1n) is 5.56. The molecule has 0 bridgehead atoms. The SMILES string of the molecule is CCCCCc1cccc[n+]1CCN. The number of aromatic nitrogens is 1. The Morgan fingerprint density at radius 2 is 2.14 bits per heavy atom. The second-order valence-corrected chi connectivity index (χ2v) is 3.63. The van der Waals surface area contributed by atoms with Crippen LogP contribution in [-0.2, 0) is 13.0 Å². The van der Waals surface area contributed by atoms with Crippen LogP contribution in [0.15, 0.2) is 24.4 Å². The Kier molecular flexibility index (Phi) is 5.23. The van der Waals surface area contributed by atoms with Gasteiger partial charge in [-0.05, 0) is 6.42 Å². The van der Waals surface area contributed by atoms with Crippen molar-refractivity contribution in [3.05, 3.63) is 30.1 Å². The fourth-order valence-electron chi connectivity index (χ4n) is 1.65. The Balaban J connectivity index is 2.55. The second kappa shape index (κ2) is 6.55. The molecule has 0 fully saturated rings. The summed E-state index contributed by atoms with van der Waals surface area (Å²) in [6.07, 6.45) is 7.18. The molecule has 1 aromatic heterocycles. The summed E-state index contributed by atoms with van der Waals surface area (Å²) in [5.41, 5.74) is 6.97. The average Bonchev–Trinajstić information content (AvgIpc) is 2.21.